The molecule has 2 amide bonds. The van der Waals surface area contributed by atoms with E-state index in [1.54, 1.807) is 31.7 Å². The first-order valence-corrected chi connectivity index (χ1v) is 9.34. The molecule has 0 fully saturated rings. The normalized spacial score (nSPS) is 10.7. The monoisotopic (exact) mass is 400 g/mol. The second-order valence-electron chi connectivity index (χ2n) is 6.72. The number of primary amides is 1. The molecule has 0 spiro atoms. The molecule has 0 atom stereocenters. The summed E-state index contributed by atoms with van der Waals surface area (Å²) in [7, 11) is 1.58. The predicted octanol–water partition coefficient (Wildman–Crippen LogP) is 2.32. The summed E-state index contributed by atoms with van der Waals surface area (Å²) in [6.07, 6.45) is 5.39. The smallest absolute Gasteiger partial charge is 0.249 e. The van der Waals surface area contributed by atoms with Gasteiger partial charge in [-0.25, -0.2) is 4.98 Å². The second kappa shape index (κ2) is 8.04. The van der Waals surface area contributed by atoms with Gasteiger partial charge in [0.05, 0.1) is 23.9 Å². The van der Waals surface area contributed by atoms with Crippen molar-refractivity contribution in [1.82, 2.24) is 25.1 Å². The maximum atomic E-state index is 12.2. The molecule has 4 rings (SSSR count). The third-order valence-corrected chi connectivity index (χ3v) is 4.77. The quantitative estimate of drug-likeness (QED) is 0.460. The number of carbonyl (C=O) groups excluding carboxylic acids is 2. The van der Waals surface area contributed by atoms with E-state index in [2.05, 4.69) is 20.5 Å². The minimum absolute atomic E-state index is 0.122. The molecule has 4 N–H and O–H groups in total. The summed E-state index contributed by atoms with van der Waals surface area (Å²) in [5, 5.41) is 9.38. The van der Waals surface area contributed by atoms with Gasteiger partial charge >= 0.3 is 0 Å². The van der Waals surface area contributed by atoms with Gasteiger partial charge in [0.2, 0.25) is 11.8 Å². The summed E-state index contributed by atoms with van der Waals surface area (Å²) in [5.41, 5.74) is 9.75. The van der Waals surface area contributed by atoms with Gasteiger partial charge in [-0.2, -0.15) is 5.10 Å². The fourth-order valence-corrected chi connectivity index (χ4v) is 3.27. The van der Waals surface area contributed by atoms with Crippen molar-refractivity contribution in [3.05, 3.63) is 78.4 Å². The van der Waals surface area contributed by atoms with E-state index in [0.29, 0.717) is 22.6 Å². The second-order valence-corrected chi connectivity index (χ2v) is 6.72. The van der Waals surface area contributed by atoms with Crippen LogP contribution in [0.5, 0.6) is 0 Å². The summed E-state index contributed by atoms with van der Waals surface area (Å²) in [4.78, 5) is 28.8. The summed E-state index contributed by atoms with van der Waals surface area (Å²) in [6.45, 7) is 0. The van der Waals surface area contributed by atoms with Gasteiger partial charge in [0.15, 0.2) is 0 Å². The highest BCUT2D eigenvalue weighted by molar-refractivity contribution is 6.00. The van der Waals surface area contributed by atoms with Crippen LogP contribution in [0.4, 0.5) is 0 Å². The molecule has 0 saturated carbocycles. The van der Waals surface area contributed by atoms with Gasteiger partial charge < -0.3 is 11.1 Å². The molecule has 2 aromatic heterocycles. The van der Waals surface area contributed by atoms with Crippen molar-refractivity contribution in [3.63, 3.8) is 0 Å². The number of imidazole rings is 1. The maximum Gasteiger partial charge on any atom is 0.249 e. The zero-order valence-corrected chi connectivity index (χ0v) is 16.3. The van der Waals surface area contributed by atoms with Gasteiger partial charge in [0.25, 0.3) is 0 Å². The van der Waals surface area contributed by atoms with Crippen LogP contribution in [0.15, 0.2) is 67.1 Å². The third kappa shape index (κ3) is 3.70. The molecule has 2 aromatic carbocycles. The fourth-order valence-electron chi connectivity index (χ4n) is 3.27. The largest absolute Gasteiger partial charge is 0.366 e. The fraction of sp³-hybridized carbons (Fsp3) is 0.0909. The Kier molecular flexibility index (Phi) is 5.13. The maximum absolute atomic E-state index is 12.2. The van der Waals surface area contributed by atoms with Crippen LogP contribution in [0.1, 0.15) is 16.1 Å². The molecular weight excluding hydrogens is 380 g/mol. The van der Waals surface area contributed by atoms with Gasteiger partial charge in [-0.15, -0.1) is 0 Å². The Bertz CT molecular complexity index is 1200. The number of nitrogens with one attached hydrogen (secondary N) is 2. The van der Waals surface area contributed by atoms with Gasteiger partial charge in [-0.05, 0) is 29.8 Å². The number of aromatic nitrogens is 4. The van der Waals surface area contributed by atoms with Crippen LogP contribution in [0.2, 0.25) is 0 Å². The van der Waals surface area contributed by atoms with Crippen LogP contribution in [0.3, 0.4) is 0 Å². The number of likely N-dealkylation sites (N-methyl/N-ethyl adjacent to an activating group) is 1. The van der Waals surface area contributed by atoms with Gasteiger partial charge in [-0.3, -0.25) is 19.3 Å². The first-order chi connectivity index (χ1) is 14.6. The van der Waals surface area contributed by atoms with Crippen molar-refractivity contribution in [3.8, 4) is 28.2 Å². The number of hydrogen-bond acceptors (Lipinski definition) is 4. The summed E-state index contributed by atoms with van der Waals surface area (Å²) in [6, 6.07) is 15.0. The molecule has 8 nitrogen and oxygen atoms in total. The van der Waals surface area contributed by atoms with Crippen LogP contribution >= 0.6 is 0 Å². The molecular formula is C22H20N6O2. The first kappa shape index (κ1) is 19.1. The third-order valence-electron chi connectivity index (χ3n) is 4.77. The number of hydrogen-bond donors (Lipinski definition) is 3. The number of benzene rings is 2. The van der Waals surface area contributed by atoms with E-state index < -0.39 is 5.91 Å². The van der Waals surface area contributed by atoms with Crippen LogP contribution in [0, 0.1) is 0 Å². The topological polar surface area (TPSA) is 119 Å². The molecule has 30 heavy (non-hydrogen) atoms. The molecule has 0 aliphatic heterocycles. The molecule has 0 aliphatic carbocycles. The Morgan fingerprint density at radius 3 is 2.60 bits per heavy atom. The van der Waals surface area contributed by atoms with E-state index in [1.807, 2.05) is 47.0 Å². The molecule has 0 bridgehead atoms. The van der Waals surface area contributed by atoms with E-state index in [4.69, 9.17) is 5.73 Å². The number of nitrogens with two attached hydrogens (primary N) is 1. The Labute approximate surface area is 172 Å². The molecule has 0 saturated heterocycles. The van der Waals surface area contributed by atoms with Crippen LogP contribution < -0.4 is 11.1 Å². The highest BCUT2D eigenvalue weighted by Crippen LogP contribution is 2.31. The Morgan fingerprint density at radius 2 is 1.93 bits per heavy atom. The highest BCUT2D eigenvalue weighted by Gasteiger charge is 2.19. The number of carbonyl (C=O) groups is 2. The molecule has 4 aromatic rings. The summed E-state index contributed by atoms with van der Waals surface area (Å²) in [5.74, 6) is -0.181. The van der Waals surface area contributed by atoms with E-state index in [0.717, 1.165) is 16.8 Å². The van der Waals surface area contributed by atoms with E-state index in [9.17, 15) is 9.59 Å². The lowest BCUT2D eigenvalue weighted by Gasteiger charge is -2.12. The standard InChI is InChI=1S/C22H20N6O2/c1-24-20(29)10-16-13-28(17-5-3-2-4-6-17)22(27-16)19-9-14(15-11-25-26-12-15)7-8-18(19)21(23)30/h2-9,11-13H,10H2,1H3,(H2,23,30)(H,24,29)(H,25,26). The zero-order chi connectivity index (χ0) is 21.1. The minimum Gasteiger partial charge on any atom is -0.366 e. The SMILES string of the molecule is CNC(=O)Cc1cn(-c2ccccc2)c(-c2cc(-c3cn[nH]c3)ccc2C(N)=O)n1. The van der Waals surface area contributed by atoms with Crippen molar-refractivity contribution in [2.45, 2.75) is 6.42 Å². The Morgan fingerprint density at radius 1 is 1.13 bits per heavy atom. The van der Waals surface area contributed by atoms with Gasteiger partial charge in [0, 0.05) is 36.3 Å². The number of aromatic amines is 1. The van der Waals surface area contributed by atoms with Gasteiger partial charge in [0.1, 0.15) is 5.82 Å². The average molecular weight is 400 g/mol. The number of amides is 2. The van der Waals surface area contributed by atoms with E-state index in [1.165, 1.54) is 0 Å². The van der Waals surface area contributed by atoms with Crippen molar-refractivity contribution in [2.24, 2.45) is 5.73 Å². The van der Waals surface area contributed by atoms with Crippen LogP contribution in [0.25, 0.3) is 28.2 Å². The number of para-hydroxylation sites is 1. The molecule has 2 heterocycles. The van der Waals surface area contributed by atoms with Crippen LogP contribution in [-0.2, 0) is 11.2 Å². The number of nitrogens with zero attached hydrogens (tertiary/aromatic N) is 3. The van der Waals surface area contributed by atoms with Crippen LogP contribution in [-0.4, -0.2) is 38.6 Å². The van der Waals surface area contributed by atoms with Crippen molar-refractivity contribution >= 4 is 11.8 Å². The summed E-state index contributed by atoms with van der Waals surface area (Å²) >= 11 is 0. The lowest BCUT2D eigenvalue weighted by atomic mass is 10.00. The summed E-state index contributed by atoms with van der Waals surface area (Å²) < 4.78 is 1.86. The van der Waals surface area contributed by atoms with Crippen molar-refractivity contribution in [2.75, 3.05) is 7.05 Å². The lowest BCUT2D eigenvalue weighted by Crippen LogP contribution is -2.20. The molecule has 0 radical (unpaired) electrons. The van der Waals surface area contributed by atoms with E-state index in [-0.39, 0.29) is 12.3 Å². The van der Waals surface area contributed by atoms with E-state index >= 15 is 0 Å². The number of rotatable bonds is 6. The minimum atomic E-state index is -0.556. The molecule has 0 unspecified atom stereocenters. The first-order valence-electron chi connectivity index (χ1n) is 9.34. The lowest BCUT2D eigenvalue weighted by molar-refractivity contribution is -0.120. The molecule has 8 heteroatoms. The van der Waals surface area contributed by atoms with Crippen molar-refractivity contribution in [1.29, 1.82) is 0 Å². The predicted molar refractivity (Wildman–Crippen MR) is 113 cm³/mol. The molecule has 0 aliphatic rings. The Balaban J connectivity index is 1.93. The Hall–Kier alpha value is -4.20. The van der Waals surface area contributed by atoms with Gasteiger partial charge in [-0.1, -0.05) is 24.3 Å². The number of H-pyrrole nitrogens is 1. The zero-order valence-electron chi connectivity index (χ0n) is 16.3. The highest BCUT2D eigenvalue weighted by atomic mass is 16.1. The molecule has 150 valence electrons. The average Bonchev–Trinajstić information content (AvgIpc) is 3.44. The van der Waals surface area contributed by atoms with Crippen molar-refractivity contribution < 1.29 is 9.59 Å².